The number of rotatable bonds is 8. The molecule has 11 heteroatoms. The highest BCUT2D eigenvalue weighted by atomic mass is 32.2. The molecule has 0 radical (unpaired) electrons. The smallest absolute Gasteiger partial charge is 0.230 e. The molecule has 0 aliphatic rings. The number of fused-ring (bicyclic) bond motifs is 1. The molecule has 0 saturated carbocycles. The van der Waals surface area contributed by atoms with Gasteiger partial charge in [0.05, 0.1) is 29.0 Å². The van der Waals surface area contributed by atoms with Crippen LogP contribution in [0.15, 0.2) is 65.8 Å². The number of anilines is 1. The molecule has 0 fully saturated rings. The van der Waals surface area contributed by atoms with Crippen LogP contribution in [-0.2, 0) is 21.2 Å². The van der Waals surface area contributed by atoms with Crippen LogP contribution < -0.4 is 9.64 Å². The summed E-state index contributed by atoms with van der Waals surface area (Å²) >= 11 is 0.950. The first-order chi connectivity index (χ1) is 16.3. The van der Waals surface area contributed by atoms with Crippen molar-refractivity contribution in [3.63, 3.8) is 0 Å². The summed E-state index contributed by atoms with van der Waals surface area (Å²) in [6.07, 6.45) is 2.78. The van der Waals surface area contributed by atoms with E-state index in [9.17, 15) is 22.0 Å². The maximum absolute atomic E-state index is 14.2. The first-order valence-corrected chi connectivity index (χ1v) is 12.6. The Morgan fingerprint density at radius 2 is 1.79 bits per heavy atom. The average Bonchev–Trinajstić information content (AvgIpc) is 3.26. The predicted octanol–water partition coefficient (Wildman–Crippen LogP) is 4.38. The minimum atomic E-state index is -3.75. The lowest BCUT2D eigenvalue weighted by Gasteiger charge is -2.20. The number of methoxy groups -OCH3 is 1. The number of ether oxygens (including phenoxy) is 1. The highest BCUT2D eigenvalue weighted by Gasteiger charge is 2.24. The summed E-state index contributed by atoms with van der Waals surface area (Å²) in [7, 11) is -2.27. The molecule has 2 aromatic heterocycles. The van der Waals surface area contributed by atoms with E-state index in [1.54, 1.807) is 24.5 Å². The van der Waals surface area contributed by atoms with Gasteiger partial charge < -0.3 is 4.74 Å². The molecule has 0 saturated heterocycles. The SMILES string of the molecule is COc1ccc(S(=O)(=O)CCC(=O)N(Cc2ccncc2)c2nc3c(F)cc(F)cc3s2)cc1. The maximum Gasteiger partial charge on any atom is 0.230 e. The van der Waals surface area contributed by atoms with E-state index in [4.69, 9.17) is 4.74 Å². The van der Waals surface area contributed by atoms with E-state index < -0.39 is 33.1 Å². The third-order valence-electron chi connectivity index (χ3n) is 5.03. The summed E-state index contributed by atoms with van der Waals surface area (Å²) in [4.78, 5) is 22.7. The number of pyridine rings is 1. The number of sulfone groups is 1. The summed E-state index contributed by atoms with van der Waals surface area (Å²) in [6, 6.07) is 11.1. The lowest BCUT2D eigenvalue weighted by atomic mass is 10.2. The van der Waals surface area contributed by atoms with Crippen molar-refractivity contribution in [2.45, 2.75) is 17.9 Å². The molecule has 176 valence electrons. The van der Waals surface area contributed by atoms with Crippen LogP contribution in [-0.4, -0.2) is 37.2 Å². The Morgan fingerprint density at radius 3 is 2.47 bits per heavy atom. The Balaban J connectivity index is 1.61. The molecule has 1 amide bonds. The molecule has 0 aliphatic heterocycles. The van der Waals surface area contributed by atoms with E-state index in [0.29, 0.717) is 11.3 Å². The van der Waals surface area contributed by atoms with Crippen LogP contribution in [0.1, 0.15) is 12.0 Å². The van der Waals surface area contributed by atoms with E-state index >= 15 is 0 Å². The van der Waals surface area contributed by atoms with Crippen LogP contribution in [0.5, 0.6) is 5.75 Å². The molecule has 0 unspecified atom stereocenters. The molecule has 0 spiro atoms. The first kappa shape index (κ1) is 23.7. The van der Waals surface area contributed by atoms with Crippen molar-refractivity contribution in [1.82, 2.24) is 9.97 Å². The van der Waals surface area contributed by atoms with Gasteiger partial charge in [0.1, 0.15) is 17.1 Å². The summed E-state index contributed by atoms with van der Waals surface area (Å²) < 4.78 is 58.6. The Morgan fingerprint density at radius 1 is 1.09 bits per heavy atom. The van der Waals surface area contributed by atoms with Crippen LogP contribution >= 0.6 is 11.3 Å². The number of hydrogen-bond donors (Lipinski definition) is 0. The lowest BCUT2D eigenvalue weighted by molar-refractivity contribution is -0.118. The van der Waals surface area contributed by atoms with Gasteiger partial charge in [0.25, 0.3) is 0 Å². The Hall–Kier alpha value is -3.44. The fourth-order valence-electron chi connectivity index (χ4n) is 3.25. The zero-order valence-electron chi connectivity index (χ0n) is 17.9. The zero-order valence-corrected chi connectivity index (χ0v) is 19.6. The number of carbonyl (C=O) groups is 1. The topological polar surface area (TPSA) is 89.5 Å². The second-order valence-corrected chi connectivity index (χ2v) is 10.4. The van der Waals surface area contributed by atoms with Crippen LogP contribution in [0.2, 0.25) is 0 Å². The Kier molecular flexibility index (Phi) is 6.85. The summed E-state index contributed by atoms with van der Waals surface area (Å²) in [6.45, 7) is 0.0634. The molecule has 2 heterocycles. The zero-order chi connectivity index (χ0) is 24.3. The van der Waals surface area contributed by atoms with Crippen molar-refractivity contribution in [3.05, 3.63) is 78.1 Å². The lowest BCUT2D eigenvalue weighted by Crippen LogP contribution is -2.31. The monoisotopic (exact) mass is 503 g/mol. The molecule has 34 heavy (non-hydrogen) atoms. The highest BCUT2D eigenvalue weighted by molar-refractivity contribution is 7.91. The van der Waals surface area contributed by atoms with Crippen LogP contribution in [0.25, 0.3) is 10.2 Å². The third-order valence-corrected chi connectivity index (χ3v) is 7.78. The van der Waals surface area contributed by atoms with Gasteiger partial charge >= 0.3 is 0 Å². The Bertz CT molecular complexity index is 1430. The van der Waals surface area contributed by atoms with Crippen molar-refractivity contribution in [3.8, 4) is 5.75 Å². The third kappa shape index (κ3) is 5.20. The van der Waals surface area contributed by atoms with Gasteiger partial charge in [-0.05, 0) is 48.0 Å². The number of hydrogen-bond acceptors (Lipinski definition) is 7. The van der Waals surface area contributed by atoms with E-state index in [1.807, 2.05) is 0 Å². The molecule has 0 bridgehead atoms. The van der Waals surface area contributed by atoms with E-state index in [2.05, 4.69) is 9.97 Å². The number of benzene rings is 2. The molecule has 2 aromatic carbocycles. The van der Waals surface area contributed by atoms with E-state index in [0.717, 1.165) is 23.5 Å². The largest absolute Gasteiger partial charge is 0.497 e. The van der Waals surface area contributed by atoms with E-state index in [-0.39, 0.29) is 33.2 Å². The Labute approximate surface area is 198 Å². The van der Waals surface area contributed by atoms with Crippen molar-refractivity contribution in [2.24, 2.45) is 0 Å². The number of thiazole rings is 1. The second-order valence-electron chi connectivity index (χ2n) is 7.31. The minimum Gasteiger partial charge on any atom is -0.497 e. The van der Waals surface area contributed by atoms with Crippen molar-refractivity contribution >= 4 is 42.4 Å². The minimum absolute atomic E-state index is 0.0558. The van der Waals surface area contributed by atoms with Gasteiger partial charge in [0, 0.05) is 24.9 Å². The first-order valence-electron chi connectivity index (χ1n) is 10.1. The fourth-order valence-corrected chi connectivity index (χ4v) is 5.50. The predicted molar refractivity (Wildman–Crippen MR) is 125 cm³/mol. The van der Waals surface area contributed by atoms with Crippen molar-refractivity contribution < 1.29 is 26.7 Å². The molecule has 4 rings (SSSR count). The van der Waals surface area contributed by atoms with Gasteiger partial charge in [-0.15, -0.1) is 0 Å². The second kappa shape index (κ2) is 9.82. The van der Waals surface area contributed by atoms with Crippen LogP contribution in [0.3, 0.4) is 0 Å². The van der Waals surface area contributed by atoms with Gasteiger partial charge in [-0.1, -0.05) is 11.3 Å². The van der Waals surface area contributed by atoms with Crippen molar-refractivity contribution in [2.75, 3.05) is 17.8 Å². The molecule has 4 aromatic rings. The molecule has 0 aliphatic carbocycles. The standard InChI is InChI=1S/C23H19F2N3O4S2/c1-32-17-2-4-18(5-3-17)34(30,31)11-8-21(29)28(14-15-6-9-26-10-7-15)23-27-22-19(25)12-16(24)13-20(22)33-23/h2-7,9-10,12-13H,8,11,14H2,1H3. The number of nitrogens with zero attached hydrogens (tertiary/aromatic N) is 3. The summed E-state index contributed by atoms with van der Waals surface area (Å²) in [5, 5.41) is 0.142. The highest BCUT2D eigenvalue weighted by Crippen LogP contribution is 2.32. The number of aromatic nitrogens is 2. The number of carbonyl (C=O) groups excluding carboxylic acids is 1. The van der Waals surface area contributed by atoms with Gasteiger partial charge in [-0.3, -0.25) is 14.7 Å². The average molecular weight is 504 g/mol. The van der Waals surface area contributed by atoms with Crippen LogP contribution in [0.4, 0.5) is 13.9 Å². The summed E-state index contributed by atoms with van der Waals surface area (Å²) in [5.74, 6) is -2.03. The molecule has 0 N–H and O–H groups in total. The number of halogens is 2. The fraction of sp³-hybridized carbons (Fsp3) is 0.174. The normalized spacial score (nSPS) is 11.5. The van der Waals surface area contributed by atoms with Gasteiger partial charge in [-0.2, -0.15) is 0 Å². The van der Waals surface area contributed by atoms with Gasteiger partial charge in [0.2, 0.25) is 5.91 Å². The molecular weight excluding hydrogens is 484 g/mol. The van der Waals surface area contributed by atoms with Crippen molar-refractivity contribution in [1.29, 1.82) is 0 Å². The van der Waals surface area contributed by atoms with Gasteiger partial charge in [0.15, 0.2) is 20.8 Å². The number of amides is 1. The quantitative estimate of drug-likeness (QED) is 0.355. The maximum atomic E-state index is 14.2. The van der Waals surface area contributed by atoms with Crippen LogP contribution in [0, 0.1) is 11.6 Å². The molecule has 0 atom stereocenters. The molecular formula is C23H19F2N3O4S2. The summed E-state index contributed by atoms with van der Waals surface area (Å²) in [5.41, 5.74) is 0.659. The van der Waals surface area contributed by atoms with E-state index in [1.165, 1.54) is 36.3 Å². The molecule has 7 nitrogen and oxygen atoms in total. The van der Waals surface area contributed by atoms with Gasteiger partial charge in [-0.25, -0.2) is 22.2 Å².